The van der Waals surface area contributed by atoms with Crippen LogP contribution in [-0.2, 0) is 13.0 Å². The number of amides is 1. The Morgan fingerprint density at radius 2 is 1.91 bits per heavy atom. The smallest absolute Gasteiger partial charge is 0.342 e. The largest absolute Gasteiger partial charge is 0.390 e. The third kappa shape index (κ3) is 3.33. The van der Waals surface area contributed by atoms with Gasteiger partial charge in [-0.15, -0.1) is 0 Å². The second kappa shape index (κ2) is 7.09. The molecule has 1 aromatic heterocycles. The normalized spacial score (nSPS) is 35.0. The number of hydrogen-bond acceptors (Lipinski definition) is 4. The second-order valence-corrected chi connectivity index (χ2v) is 11.1. The predicted molar refractivity (Wildman–Crippen MR) is 118 cm³/mol. The standard InChI is InChI=1S/C25H30F2N4O2/c1-14-16-8-24(9-17(14)11-25(33,10-16)13-24)28-23(32)31-21-5-6-30(2)12-18(21)22(29-31)15-3-4-19(26)20(27)7-15/h3-4,7,14,16-17,33H,5-6,8-13H2,1-2H3,(H,28,32). The van der Waals surface area contributed by atoms with E-state index in [1.165, 1.54) is 10.7 Å². The molecule has 2 atom stereocenters. The maximum Gasteiger partial charge on any atom is 0.342 e. The van der Waals surface area contributed by atoms with Crippen LogP contribution in [0.15, 0.2) is 18.2 Å². The average Bonchev–Trinajstić information content (AvgIpc) is 3.11. The maximum atomic E-state index is 14.0. The number of carbonyl (C=O) groups is 1. The van der Waals surface area contributed by atoms with Gasteiger partial charge in [0, 0.05) is 36.2 Å². The summed E-state index contributed by atoms with van der Waals surface area (Å²) in [6.45, 7) is 3.65. The molecule has 0 radical (unpaired) electrons. The van der Waals surface area contributed by atoms with Crippen molar-refractivity contribution < 1.29 is 18.7 Å². The van der Waals surface area contributed by atoms with E-state index in [9.17, 15) is 18.7 Å². The fourth-order valence-corrected chi connectivity index (χ4v) is 7.36. The molecule has 1 amide bonds. The van der Waals surface area contributed by atoms with E-state index in [0.29, 0.717) is 48.4 Å². The van der Waals surface area contributed by atoms with Crippen LogP contribution in [0.3, 0.4) is 0 Å². The number of halogens is 2. The fourth-order valence-electron chi connectivity index (χ4n) is 7.36. The highest BCUT2D eigenvalue weighted by Gasteiger charge is 2.60. The van der Waals surface area contributed by atoms with Crippen molar-refractivity contribution in [2.45, 2.75) is 63.1 Å². The molecule has 4 aliphatic carbocycles. The monoisotopic (exact) mass is 456 g/mol. The number of benzene rings is 1. The van der Waals surface area contributed by atoms with Crippen LogP contribution in [0.2, 0.25) is 0 Å². The van der Waals surface area contributed by atoms with Crippen LogP contribution in [0, 0.1) is 29.4 Å². The SMILES string of the molecule is CC1C2CC3(O)CC1CC(NC(=O)n1nc(-c4ccc(F)c(F)c4)c4c1CCN(C)C4)(C2)C3. The van der Waals surface area contributed by atoms with Crippen LogP contribution in [0.1, 0.15) is 50.3 Å². The third-order valence-electron chi connectivity index (χ3n) is 8.75. The summed E-state index contributed by atoms with van der Waals surface area (Å²) in [6.07, 6.45) is 4.67. The number of rotatable bonds is 2. The quantitative estimate of drug-likeness (QED) is 0.723. The van der Waals surface area contributed by atoms with E-state index < -0.39 is 22.8 Å². The Morgan fingerprint density at radius 1 is 1.18 bits per heavy atom. The molecular formula is C25H30F2N4O2. The summed E-state index contributed by atoms with van der Waals surface area (Å²) < 4.78 is 28.9. The number of fused-ring (bicyclic) bond motifs is 1. The highest BCUT2D eigenvalue weighted by atomic mass is 19.2. The van der Waals surface area contributed by atoms with E-state index in [1.54, 1.807) is 0 Å². The van der Waals surface area contributed by atoms with Crippen molar-refractivity contribution in [3.63, 3.8) is 0 Å². The molecule has 176 valence electrons. The Labute approximate surface area is 192 Å². The van der Waals surface area contributed by atoms with Gasteiger partial charge in [-0.2, -0.15) is 9.78 Å². The van der Waals surface area contributed by atoms with Crippen molar-refractivity contribution in [3.05, 3.63) is 41.1 Å². The van der Waals surface area contributed by atoms with Gasteiger partial charge in [0.15, 0.2) is 11.6 Å². The van der Waals surface area contributed by atoms with Crippen LogP contribution in [0.25, 0.3) is 11.3 Å². The first kappa shape index (κ1) is 21.2. The van der Waals surface area contributed by atoms with Gasteiger partial charge in [0.25, 0.3) is 0 Å². The molecule has 5 aliphatic rings. The zero-order chi connectivity index (χ0) is 23.1. The molecule has 2 aromatic rings. The van der Waals surface area contributed by atoms with Gasteiger partial charge in [0.2, 0.25) is 0 Å². The molecule has 4 saturated carbocycles. The minimum atomic E-state index is -0.930. The summed E-state index contributed by atoms with van der Waals surface area (Å²) in [7, 11) is 1.99. The van der Waals surface area contributed by atoms with E-state index >= 15 is 0 Å². The molecule has 0 spiro atoms. The van der Waals surface area contributed by atoms with Crippen molar-refractivity contribution in [2.24, 2.45) is 17.8 Å². The number of aromatic nitrogens is 2. The van der Waals surface area contributed by atoms with E-state index in [1.807, 2.05) is 7.05 Å². The van der Waals surface area contributed by atoms with Crippen molar-refractivity contribution in [3.8, 4) is 11.3 Å². The molecular weight excluding hydrogens is 426 g/mol. The fraction of sp³-hybridized carbons (Fsp3) is 0.600. The van der Waals surface area contributed by atoms with Crippen LogP contribution in [0.4, 0.5) is 13.6 Å². The topological polar surface area (TPSA) is 70.4 Å². The first-order chi connectivity index (χ1) is 15.7. The first-order valence-corrected chi connectivity index (χ1v) is 11.9. The average molecular weight is 457 g/mol. The molecule has 2 N–H and O–H groups in total. The molecule has 4 fully saturated rings. The van der Waals surface area contributed by atoms with Gasteiger partial charge in [-0.3, -0.25) is 0 Å². The summed E-state index contributed by atoms with van der Waals surface area (Å²) in [4.78, 5) is 15.7. The Bertz CT molecular complexity index is 1130. The highest BCUT2D eigenvalue weighted by Crippen LogP contribution is 2.59. The number of aliphatic hydroxyl groups is 1. The molecule has 7 rings (SSSR count). The van der Waals surface area contributed by atoms with Crippen molar-refractivity contribution >= 4 is 6.03 Å². The van der Waals surface area contributed by atoms with Crippen molar-refractivity contribution in [1.82, 2.24) is 20.0 Å². The van der Waals surface area contributed by atoms with Crippen molar-refractivity contribution in [2.75, 3.05) is 13.6 Å². The van der Waals surface area contributed by atoms with Gasteiger partial charge in [0.05, 0.1) is 17.0 Å². The third-order valence-corrected chi connectivity index (χ3v) is 8.75. The molecule has 0 saturated heterocycles. The summed E-state index contributed by atoms with van der Waals surface area (Å²) in [5.74, 6) is -0.413. The minimum Gasteiger partial charge on any atom is -0.390 e. The van der Waals surface area contributed by atoms with Gasteiger partial charge in [0.1, 0.15) is 0 Å². The van der Waals surface area contributed by atoms with Gasteiger partial charge >= 0.3 is 6.03 Å². The Balaban J connectivity index is 1.36. The van der Waals surface area contributed by atoms with Gasteiger partial charge < -0.3 is 15.3 Å². The molecule has 8 heteroatoms. The highest BCUT2D eigenvalue weighted by molar-refractivity contribution is 5.80. The number of carbonyl (C=O) groups excluding carboxylic acids is 1. The Hall–Kier alpha value is -2.32. The molecule has 2 heterocycles. The lowest BCUT2D eigenvalue weighted by atomic mass is 9.48. The van der Waals surface area contributed by atoms with E-state index in [0.717, 1.165) is 55.6 Å². The summed E-state index contributed by atoms with van der Waals surface area (Å²) in [6, 6.07) is 3.46. The number of hydrogen-bond donors (Lipinski definition) is 2. The van der Waals surface area contributed by atoms with Gasteiger partial charge in [-0.05, 0) is 75.1 Å². The van der Waals surface area contributed by atoms with Gasteiger partial charge in [-0.1, -0.05) is 6.92 Å². The summed E-state index contributed by atoms with van der Waals surface area (Å²) in [5, 5.41) is 19.1. The summed E-state index contributed by atoms with van der Waals surface area (Å²) in [5.41, 5.74) is 1.59. The van der Waals surface area contributed by atoms with E-state index in [-0.39, 0.29) is 6.03 Å². The Morgan fingerprint density at radius 3 is 2.61 bits per heavy atom. The lowest BCUT2D eigenvalue weighted by Crippen LogP contribution is -2.67. The van der Waals surface area contributed by atoms with Crippen LogP contribution < -0.4 is 5.32 Å². The summed E-state index contributed by atoms with van der Waals surface area (Å²) >= 11 is 0. The molecule has 33 heavy (non-hydrogen) atoms. The predicted octanol–water partition coefficient (Wildman–Crippen LogP) is 3.70. The number of likely N-dealkylation sites (N-methyl/N-ethyl adjacent to an activating group) is 1. The molecule has 6 nitrogen and oxygen atoms in total. The molecule has 1 aromatic carbocycles. The van der Waals surface area contributed by atoms with Gasteiger partial charge in [-0.25, -0.2) is 13.6 Å². The zero-order valence-electron chi connectivity index (χ0n) is 19.1. The number of nitrogens with zero attached hydrogens (tertiary/aromatic N) is 3. The molecule has 4 bridgehead atoms. The Kier molecular flexibility index (Phi) is 4.56. The first-order valence-electron chi connectivity index (χ1n) is 11.9. The van der Waals surface area contributed by atoms with E-state index in [4.69, 9.17) is 0 Å². The lowest BCUT2D eigenvalue weighted by molar-refractivity contribution is -0.161. The lowest BCUT2D eigenvalue weighted by Gasteiger charge is -2.62. The zero-order valence-corrected chi connectivity index (χ0v) is 19.1. The second-order valence-electron chi connectivity index (χ2n) is 11.1. The van der Waals surface area contributed by atoms with Crippen LogP contribution in [0.5, 0.6) is 0 Å². The van der Waals surface area contributed by atoms with Crippen LogP contribution >= 0.6 is 0 Å². The van der Waals surface area contributed by atoms with Crippen molar-refractivity contribution in [1.29, 1.82) is 0 Å². The molecule has 1 aliphatic heterocycles. The minimum absolute atomic E-state index is 0.289. The van der Waals surface area contributed by atoms with E-state index in [2.05, 4.69) is 22.2 Å². The number of nitrogens with one attached hydrogen (secondary N) is 1. The maximum absolute atomic E-state index is 14.0. The molecule has 2 unspecified atom stereocenters. The van der Waals surface area contributed by atoms with Crippen LogP contribution in [-0.4, -0.2) is 50.6 Å².